The zero-order chi connectivity index (χ0) is 16.8. The summed E-state index contributed by atoms with van der Waals surface area (Å²) in [5.74, 6) is 1.27. The van der Waals surface area contributed by atoms with Gasteiger partial charge in [0.15, 0.2) is 0 Å². The van der Waals surface area contributed by atoms with Crippen molar-refractivity contribution in [2.24, 2.45) is 0 Å². The second kappa shape index (κ2) is 8.12. The molecular weight excluding hydrogens is 362 g/mol. The van der Waals surface area contributed by atoms with Crippen molar-refractivity contribution in [1.82, 2.24) is 15.8 Å². The number of rotatable bonds is 7. The molecule has 7 heteroatoms. The van der Waals surface area contributed by atoms with Crippen LogP contribution in [0.3, 0.4) is 0 Å². The number of carbonyl (C=O) groups excluding carboxylic acids is 1. The molecule has 0 fully saturated rings. The van der Waals surface area contributed by atoms with Crippen molar-refractivity contribution in [3.05, 3.63) is 45.8 Å². The van der Waals surface area contributed by atoms with E-state index in [9.17, 15) is 4.79 Å². The summed E-state index contributed by atoms with van der Waals surface area (Å²) in [7, 11) is 1.86. The van der Waals surface area contributed by atoms with E-state index in [1.54, 1.807) is 18.2 Å². The lowest BCUT2D eigenvalue weighted by Gasteiger charge is -2.12. The minimum atomic E-state index is -0.119. The van der Waals surface area contributed by atoms with Crippen LogP contribution in [-0.2, 0) is 6.61 Å². The molecule has 124 valence electrons. The van der Waals surface area contributed by atoms with Crippen molar-refractivity contribution in [3.8, 4) is 5.75 Å². The number of likely N-dealkylation sites (N-methyl/N-ethyl adjacent to an activating group) is 1. The van der Waals surface area contributed by atoms with Crippen molar-refractivity contribution in [3.63, 3.8) is 0 Å². The number of hydrogen-bond acceptors (Lipinski definition) is 5. The molecule has 2 N–H and O–H groups in total. The van der Waals surface area contributed by atoms with Crippen LogP contribution in [0.1, 0.15) is 28.7 Å². The summed E-state index contributed by atoms with van der Waals surface area (Å²) < 4.78 is 11.4. The Morgan fingerprint density at radius 3 is 2.83 bits per heavy atom. The molecular formula is C16H20BrN3O3. The van der Waals surface area contributed by atoms with Crippen molar-refractivity contribution in [1.29, 1.82) is 0 Å². The van der Waals surface area contributed by atoms with Crippen molar-refractivity contribution in [2.75, 3.05) is 13.6 Å². The van der Waals surface area contributed by atoms with Gasteiger partial charge in [0, 0.05) is 24.2 Å². The molecule has 1 aromatic carbocycles. The molecule has 1 unspecified atom stereocenters. The third-order valence-corrected chi connectivity index (χ3v) is 3.93. The third-order valence-electron chi connectivity index (χ3n) is 3.31. The SMILES string of the molecule is CNC(C)CNC(=O)c1ccc(OCc2cc(C)on2)c(Br)c1. The van der Waals surface area contributed by atoms with Gasteiger partial charge < -0.3 is 19.9 Å². The first-order chi connectivity index (χ1) is 11.0. The molecule has 2 rings (SSSR count). The fraction of sp³-hybridized carbons (Fsp3) is 0.375. The Bertz CT molecular complexity index is 672. The first-order valence-electron chi connectivity index (χ1n) is 7.29. The Kier molecular flexibility index (Phi) is 6.18. The van der Waals surface area contributed by atoms with Crippen molar-refractivity contribution in [2.45, 2.75) is 26.5 Å². The van der Waals surface area contributed by atoms with Crippen LogP contribution in [0, 0.1) is 6.92 Å². The lowest BCUT2D eigenvalue weighted by molar-refractivity contribution is 0.0950. The molecule has 0 spiro atoms. The predicted octanol–water partition coefficient (Wildman–Crippen LogP) is 2.66. The molecule has 0 bridgehead atoms. The predicted molar refractivity (Wildman–Crippen MR) is 90.6 cm³/mol. The van der Waals surface area contributed by atoms with Crippen LogP contribution >= 0.6 is 15.9 Å². The van der Waals surface area contributed by atoms with E-state index in [2.05, 4.69) is 31.7 Å². The highest BCUT2D eigenvalue weighted by atomic mass is 79.9. The smallest absolute Gasteiger partial charge is 0.251 e. The van der Waals surface area contributed by atoms with Crippen molar-refractivity contribution < 1.29 is 14.1 Å². The summed E-state index contributed by atoms with van der Waals surface area (Å²) in [6.45, 7) is 4.70. The van der Waals surface area contributed by atoms with E-state index in [0.717, 1.165) is 11.5 Å². The van der Waals surface area contributed by atoms with E-state index in [-0.39, 0.29) is 11.9 Å². The van der Waals surface area contributed by atoms with Crippen LogP contribution in [0.2, 0.25) is 0 Å². The topological polar surface area (TPSA) is 76.4 Å². The molecule has 23 heavy (non-hydrogen) atoms. The number of ether oxygens (including phenoxy) is 1. The standard InChI is InChI=1S/C16H20BrN3O3/c1-10(18-3)8-19-16(21)12-4-5-15(14(17)7-12)22-9-13-6-11(2)23-20-13/h4-7,10,18H,8-9H2,1-3H3,(H,19,21). The van der Waals surface area contributed by atoms with E-state index in [4.69, 9.17) is 9.26 Å². The Morgan fingerprint density at radius 1 is 1.43 bits per heavy atom. The van der Waals surface area contributed by atoms with Crippen molar-refractivity contribution >= 4 is 21.8 Å². The summed E-state index contributed by atoms with van der Waals surface area (Å²) >= 11 is 3.43. The molecule has 0 aliphatic carbocycles. The highest BCUT2D eigenvalue weighted by Gasteiger charge is 2.11. The van der Waals surface area contributed by atoms with Crippen LogP contribution in [0.5, 0.6) is 5.75 Å². The van der Waals surface area contributed by atoms with Crippen LogP contribution in [0.4, 0.5) is 0 Å². The maximum atomic E-state index is 12.1. The minimum absolute atomic E-state index is 0.119. The number of amides is 1. The molecule has 2 aromatic rings. The van der Waals surface area contributed by atoms with Crippen LogP contribution in [0.25, 0.3) is 0 Å². The van der Waals surface area contributed by atoms with Gasteiger partial charge in [-0.05, 0) is 55.0 Å². The van der Waals surface area contributed by atoms with Gasteiger partial charge in [0.1, 0.15) is 23.8 Å². The molecule has 1 amide bonds. The first-order valence-corrected chi connectivity index (χ1v) is 8.09. The third kappa shape index (κ3) is 5.07. The van der Waals surface area contributed by atoms with Gasteiger partial charge in [-0.1, -0.05) is 5.16 Å². The minimum Gasteiger partial charge on any atom is -0.486 e. The fourth-order valence-corrected chi connectivity index (χ4v) is 2.34. The number of hydrogen-bond donors (Lipinski definition) is 2. The normalized spacial score (nSPS) is 12.0. The fourth-order valence-electron chi connectivity index (χ4n) is 1.85. The number of nitrogens with one attached hydrogen (secondary N) is 2. The zero-order valence-electron chi connectivity index (χ0n) is 13.4. The summed E-state index contributed by atoms with van der Waals surface area (Å²) in [6, 6.07) is 7.26. The second-order valence-corrected chi connectivity index (χ2v) is 6.12. The lowest BCUT2D eigenvalue weighted by Crippen LogP contribution is -2.37. The highest BCUT2D eigenvalue weighted by Crippen LogP contribution is 2.26. The van der Waals surface area contributed by atoms with E-state index in [1.807, 2.05) is 27.0 Å². The van der Waals surface area contributed by atoms with Crippen LogP contribution in [-0.4, -0.2) is 30.7 Å². The molecule has 0 radical (unpaired) electrons. The second-order valence-electron chi connectivity index (χ2n) is 5.26. The number of carbonyl (C=O) groups is 1. The number of benzene rings is 1. The van der Waals surface area contributed by atoms with Gasteiger partial charge in [-0.3, -0.25) is 4.79 Å². The Morgan fingerprint density at radius 2 is 2.22 bits per heavy atom. The van der Waals surface area contributed by atoms with Gasteiger partial charge in [0.05, 0.1) is 4.47 Å². The summed E-state index contributed by atoms with van der Waals surface area (Å²) in [5, 5.41) is 9.81. The highest BCUT2D eigenvalue weighted by molar-refractivity contribution is 9.10. The average Bonchev–Trinajstić information content (AvgIpc) is 2.96. The van der Waals surface area contributed by atoms with Crippen LogP contribution < -0.4 is 15.4 Å². The van der Waals surface area contributed by atoms with Crippen LogP contribution in [0.15, 0.2) is 33.3 Å². The van der Waals surface area contributed by atoms with Gasteiger partial charge in [0.25, 0.3) is 5.91 Å². The van der Waals surface area contributed by atoms with Gasteiger partial charge >= 0.3 is 0 Å². The Labute approximate surface area is 143 Å². The molecule has 1 aromatic heterocycles. The maximum absolute atomic E-state index is 12.1. The first kappa shape index (κ1) is 17.5. The van der Waals surface area contributed by atoms with E-state index < -0.39 is 0 Å². The average molecular weight is 382 g/mol. The molecule has 0 saturated heterocycles. The summed E-state index contributed by atoms with van der Waals surface area (Å²) in [6.07, 6.45) is 0. The lowest BCUT2D eigenvalue weighted by atomic mass is 10.2. The molecule has 1 heterocycles. The number of halogens is 1. The molecule has 1 atom stereocenters. The van der Waals surface area contributed by atoms with Gasteiger partial charge in [-0.25, -0.2) is 0 Å². The number of aryl methyl sites for hydroxylation is 1. The summed E-state index contributed by atoms with van der Waals surface area (Å²) in [5.41, 5.74) is 1.29. The van der Waals surface area contributed by atoms with Gasteiger partial charge in [-0.15, -0.1) is 0 Å². The maximum Gasteiger partial charge on any atom is 0.251 e. The Hall–Kier alpha value is -1.86. The van der Waals surface area contributed by atoms with Gasteiger partial charge in [0.2, 0.25) is 0 Å². The zero-order valence-corrected chi connectivity index (χ0v) is 14.9. The monoisotopic (exact) mass is 381 g/mol. The largest absolute Gasteiger partial charge is 0.486 e. The molecule has 0 aliphatic heterocycles. The number of nitrogens with zero attached hydrogens (tertiary/aromatic N) is 1. The Balaban J connectivity index is 1.95. The van der Waals surface area contributed by atoms with E-state index in [0.29, 0.717) is 28.9 Å². The quantitative estimate of drug-likeness (QED) is 0.770. The molecule has 0 aliphatic rings. The molecule has 0 saturated carbocycles. The van der Waals surface area contributed by atoms with E-state index >= 15 is 0 Å². The van der Waals surface area contributed by atoms with Gasteiger partial charge in [-0.2, -0.15) is 0 Å². The number of aromatic nitrogens is 1. The molecule has 6 nitrogen and oxygen atoms in total. The van der Waals surface area contributed by atoms with E-state index in [1.165, 1.54) is 0 Å². The summed E-state index contributed by atoms with van der Waals surface area (Å²) in [4.78, 5) is 12.1.